The topological polar surface area (TPSA) is 167 Å². The van der Waals surface area contributed by atoms with Crippen LogP contribution < -0.4 is 0 Å². The van der Waals surface area contributed by atoms with E-state index in [1.165, 1.54) is 109 Å². The lowest BCUT2D eigenvalue weighted by Crippen LogP contribution is -2.53. The van der Waals surface area contributed by atoms with Crippen LogP contribution in [0.1, 0.15) is 484 Å². The minimum absolute atomic E-state index is 0. The Morgan fingerprint density at radius 2 is 0.746 bits per heavy atom. The smallest absolute Gasteiger partial charge is 0.313 e. The number of hydrogen-bond donors (Lipinski definition) is 0. The van der Waals surface area contributed by atoms with Gasteiger partial charge in [-0.25, -0.2) is 0 Å². The van der Waals surface area contributed by atoms with Crippen molar-refractivity contribution >= 4 is 35.8 Å². The van der Waals surface area contributed by atoms with Gasteiger partial charge in [0.2, 0.25) is 6.29 Å². The highest BCUT2D eigenvalue weighted by Gasteiger charge is 2.70. The van der Waals surface area contributed by atoms with Crippen LogP contribution in [-0.2, 0) is 61.9 Å². The van der Waals surface area contributed by atoms with E-state index in [-0.39, 0.29) is 191 Å². The van der Waals surface area contributed by atoms with Crippen molar-refractivity contribution in [1.29, 1.82) is 0 Å². The van der Waals surface area contributed by atoms with Crippen molar-refractivity contribution in [2.45, 2.75) is 524 Å². The Morgan fingerprint density at radius 1 is 0.373 bits per heavy atom. The van der Waals surface area contributed by atoms with Gasteiger partial charge in [0, 0.05) is 11.8 Å². The van der Waals surface area contributed by atoms with E-state index in [0.29, 0.717) is 23.2 Å². The standard InChI is InChI=1S/C21H36O2.C19H30O2.C18H30O3.C13H24O2.C12H24O2.C10H20O2.12CH4/c1-8-18(3,4)17(22)23-20(7)11-12-21-13-16(20)19(5,6)15(21)10-9-14(21)2;1-5-18(2,3)17(20)21-19(4)10-13-9-14(19)16-12-7-6-11(8-12)15(13)16;1-5-17(3,4)16(19)20-12(2)21-18-9-13-6-14(10-18)8-15(7-13)11-18;1-5-12(2,3)11(14)15-13(4)9-7-6-8-10-13;1-8-11(4,5)10(13)14-12(6,7)9(2)3;1-7-10(5,6)8(11)12-9(2,3)4;;;;;;;;;;;;/h14-16H,8-13H2,1-7H3;11-16H,5-10H2,1-4H3;12-15H,5-11H2,1-4H3;5-10H2,1-4H3;9H,8H2,1-7H3;7H2,1-6H3;12*1H4. The van der Waals surface area contributed by atoms with E-state index in [1.807, 2.05) is 152 Å². The van der Waals surface area contributed by atoms with Crippen LogP contribution in [-0.4, -0.2) is 75.7 Å². The van der Waals surface area contributed by atoms with Crippen molar-refractivity contribution < 1.29 is 61.9 Å². The molecule has 0 saturated heterocycles. The molecule has 12 aliphatic carbocycles. The Bertz CT molecular complexity index is 2930. The third kappa shape index (κ3) is 29.4. The van der Waals surface area contributed by atoms with E-state index in [4.69, 9.17) is 33.2 Å². The molecule has 0 N–H and O–H groups in total. The van der Waals surface area contributed by atoms with Gasteiger partial charge in [0.1, 0.15) is 28.0 Å². The number of carbonyl (C=O) groups excluding carboxylic acids is 6. The summed E-state index contributed by atoms with van der Waals surface area (Å²) in [5, 5.41) is 0. The largest absolute Gasteiger partial charge is 0.460 e. The summed E-state index contributed by atoms with van der Waals surface area (Å²) in [5.74, 6) is 10.0. The molecule has 12 saturated carbocycles. The Labute approximate surface area is 737 Å². The molecule has 13 atom stereocenters. The summed E-state index contributed by atoms with van der Waals surface area (Å²) in [5.41, 5.74) is -2.74. The average molecular weight is 1680 g/mol. The normalized spacial score (nSPS) is 30.3. The Kier molecular flexibility index (Phi) is 51.4. The number of fused-ring (bicyclic) bond motifs is 10. The van der Waals surface area contributed by atoms with Crippen LogP contribution >= 0.6 is 0 Å². The molecule has 118 heavy (non-hydrogen) atoms. The molecule has 0 amide bonds. The Morgan fingerprint density at radius 3 is 1.14 bits per heavy atom. The number of rotatable bonds is 20. The summed E-state index contributed by atoms with van der Waals surface area (Å²) in [6.07, 6.45) is 31.2. The molecule has 0 heterocycles. The molecule has 12 fully saturated rings. The third-order valence-electron chi connectivity index (χ3n) is 31.2. The minimum Gasteiger partial charge on any atom is -0.460 e. The van der Waals surface area contributed by atoms with Gasteiger partial charge < -0.3 is 33.2 Å². The van der Waals surface area contributed by atoms with Crippen LogP contribution in [0, 0.1) is 120 Å². The maximum Gasteiger partial charge on any atom is 0.313 e. The molecule has 0 aliphatic heterocycles. The summed E-state index contributed by atoms with van der Waals surface area (Å²) >= 11 is 0. The summed E-state index contributed by atoms with van der Waals surface area (Å²) in [6, 6.07) is 0. The molecule has 13 nitrogen and oxygen atoms in total. The van der Waals surface area contributed by atoms with Gasteiger partial charge in [-0.1, -0.05) is 172 Å². The lowest BCUT2D eigenvalue weighted by molar-refractivity contribution is -0.248. The van der Waals surface area contributed by atoms with Crippen LogP contribution in [0.25, 0.3) is 0 Å². The summed E-state index contributed by atoms with van der Waals surface area (Å²) < 4.78 is 40.8. The fraction of sp³-hybridized carbons (Fsp3) is 0.943. The van der Waals surface area contributed by atoms with Gasteiger partial charge in [-0.2, -0.15) is 0 Å². The first-order valence-electron chi connectivity index (χ1n) is 43.4. The van der Waals surface area contributed by atoms with Crippen LogP contribution in [0.2, 0.25) is 0 Å². The molecule has 710 valence electrons. The molecule has 12 rings (SSSR count). The first-order chi connectivity index (χ1) is 48.4. The molecule has 12 aliphatic rings. The molecule has 0 aromatic carbocycles. The number of carbonyl (C=O) groups is 6. The molecular weight excluding hydrogens is 1470 g/mol. The number of hydrogen-bond acceptors (Lipinski definition) is 13. The van der Waals surface area contributed by atoms with Gasteiger partial charge in [-0.05, 0) is 388 Å². The van der Waals surface area contributed by atoms with Gasteiger partial charge in [-0.3, -0.25) is 28.8 Å². The zero-order chi connectivity index (χ0) is 80.6. The zero-order valence-corrected chi connectivity index (χ0v) is 74.5. The molecule has 0 aromatic heterocycles. The highest BCUT2D eigenvalue weighted by molar-refractivity contribution is 5.78. The molecule has 13 heteroatoms. The fourth-order valence-corrected chi connectivity index (χ4v) is 21.1. The SMILES string of the molecule is C.C.C.C.C.C.C.C.C.C.C.C.CCC(C)(C)C(=O)OC(C)(C)C.CCC(C)(C)C(=O)OC(C)(C)C(C)C.CCC(C)(C)C(=O)OC(C)OC12CC3CC(CC(C3)C1)C2.CCC(C)(C)C(=O)OC1(C)CC2CC1C1C3CCC(C3)C21.CCC(C)(C)C(=O)OC1(C)CCC23CC1C(C)(C)C2CCC3C.CCC(C)(C)C(=O)OC1(C)CCCCC1. The summed E-state index contributed by atoms with van der Waals surface area (Å²) in [7, 11) is 0. The molecule has 0 aromatic rings. The maximum atomic E-state index is 12.7. The molecular formula is C105H212O13. The van der Waals surface area contributed by atoms with Gasteiger partial charge in [-0.15, -0.1) is 0 Å². The maximum absolute atomic E-state index is 12.7. The quantitative estimate of drug-likeness (QED) is 0.0489. The Hall–Kier alpha value is -3.22. The monoisotopic (exact) mass is 1680 g/mol. The second-order valence-corrected chi connectivity index (χ2v) is 43.7. The molecule has 10 bridgehead atoms. The third-order valence-corrected chi connectivity index (χ3v) is 31.2. The highest BCUT2D eigenvalue weighted by Crippen LogP contribution is 2.74. The van der Waals surface area contributed by atoms with Crippen LogP contribution in [0.4, 0.5) is 0 Å². The lowest BCUT2D eigenvalue weighted by Gasteiger charge is -2.56. The lowest BCUT2D eigenvalue weighted by atomic mass is 9.54. The number of ether oxygens (including phenoxy) is 7. The van der Waals surface area contributed by atoms with E-state index in [0.717, 1.165) is 123 Å². The van der Waals surface area contributed by atoms with Crippen molar-refractivity contribution in [3.8, 4) is 0 Å². The molecule has 0 radical (unpaired) electrons. The van der Waals surface area contributed by atoms with Crippen molar-refractivity contribution in [3.05, 3.63) is 0 Å². The van der Waals surface area contributed by atoms with Gasteiger partial charge in [0.15, 0.2) is 0 Å². The van der Waals surface area contributed by atoms with Gasteiger partial charge >= 0.3 is 35.8 Å². The van der Waals surface area contributed by atoms with Crippen molar-refractivity contribution in [1.82, 2.24) is 0 Å². The predicted molar refractivity (Wildman–Crippen MR) is 510 cm³/mol. The fourth-order valence-electron chi connectivity index (χ4n) is 21.1. The first kappa shape index (κ1) is 128. The Balaban J connectivity index is -0.000000249. The zero-order valence-electron chi connectivity index (χ0n) is 74.5. The van der Waals surface area contributed by atoms with E-state index >= 15 is 0 Å². The number of esters is 6. The predicted octanol–water partition coefficient (Wildman–Crippen LogP) is 31.8. The van der Waals surface area contributed by atoms with Crippen molar-refractivity contribution in [3.63, 3.8) is 0 Å². The van der Waals surface area contributed by atoms with E-state index in [9.17, 15) is 28.8 Å². The minimum atomic E-state index is -0.418. The average Bonchev–Trinajstić information content (AvgIpc) is 1.53. The second kappa shape index (κ2) is 47.4. The van der Waals surface area contributed by atoms with Crippen LogP contribution in [0.3, 0.4) is 0 Å². The van der Waals surface area contributed by atoms with Gasteiger partial charge in [0.05, 0.1) is 38.1 Å². The van der Waals surface area contributed by atoms with Crippen molar-refractivity contribution in [2.24, 2.45) is 120 Å². The molecule has 1 spiro atoms. The van der Waals surface area contributed by atoms with Crippen molar-refractivity contribution in [2.75, 3.05) is 0 Å². The van der Waals surface area contributed by atoms with Gasteiger partial charge in [0.25, 0.3) is 0 Å². The highest BCUT2D eigenvalue weighted by atomic mass is 16.7. The van der Waals surface area contributed by atoms with E-state index in [1.54, 1.807) is 0 Å². The van der Waals surface area contributed by atoms with E-state index in [2.05, 4.69) is 69.2 Å². The van der Waals surface area contributed by atoms with Crippen LogP contribution in [0.15, 0.2) is 0 Å². The second-order valence-electron chi connectivity index (χ2n) is 43.7. The summed E-state index contributed by atoms with van der Waals surface area (Å²) in [6.45, 7) is 65.2. The summed E-state index contributed by atoms with van der Waals surface area (Å²) in [4.78, 5) is 72.7. The van der Waals surface area contributed by atoms with Crippen LogP contribution in [0.5, 0.6) is 0 Å². The first-order valence-corrected chi connectivity index (χ1v) is 43.4. The molecule has 13 unspecified atom stereocenters. The van der Waals surface area contributed by atoms with E-state index < -0.39 is 11.7 Å².